The Morgan fingerprint density at radius 2 is 1.20 bits per heavy atom. The predicted molar refractivity (Wildman–Crippen MR) is 208 cm³/mol. The van der Waals surface area contributed by atoms with Gasteiger partial charge in [-0.05, 0) is 106 Å². The predicted octanol–water partition coefficient (Wildman–Crippen LogP) is 11.2. The number of aromatic carboxylic acids is 1. The minimum absolute atomic E-state index is 0.0657. The Kier molecular flexibility index (Phi) is 13.3. The van der Waals surface area contributed by atoms with E-state index in [4.69, 9.17) is 55.9 Å². The molecule has 2 aromatic heterocycles. The maximum absolute atomic E-state index is 12.4. The third-order valence-electron chi connectivity index (χ3n) is 8.11. The van der Waals surface area contributed by atoms with Gasteiger partial charge in [0.1, 0.15) is 11.5 Å². The fraction of sp³-hybridized carbons (Fsp3) is 0.179. The van der Waals surface area contributed by atoms with Crippen LogP contribution in [0.4, 0.5) is 13.2 Å². The van der Waals surface area contributed by atoms with Gasteiger partial charge in [-0.15, -0.1) is 0 Å². The number of alkyl halides is 3. The molecule has 0 saturated heterocycles. The molecule has 4 aromatic carbocycles. The average molecular weight is 851 g/mol. The van der Waals surface area contributed by atoms with Crippen molar-refractivity contribution in [3.63, 3.8) is 0 Å². The molecule has 56 heavy (non-hydrogen) atoms. The molecule has 2 heterocycles. The molecule has 0 aliphatic carbocycles. The second-order valence-corrected chi connectivity index (χ2v) is 13.7. The Morgan fingerprint density at radius 1 is 0.732 bits per heavy atom. The molecule has 0 fully saturated rings. The highest BCUT2D eigenvalue weighted by Crippen LogP contribution is 2.35. The molecule has 0 amide bonds. The summed E-state index contributed by atoms with van der Waals surface area (Å²) in [7, 11) is 0. The molecule has 10 nitrogen and oxygen atoms in total. The molecule has 0 unspecified atom stereocenters. The smallest absolute Gasteiger partial charge is 0.392 e. The van der Waals surface area contributed by atoms with Crippen LogP contribution in [0.15, 0.2) is 84.9 Å². The number of aromatic hydroxyl groups is 1. The summed E-state index contributed by atoms with van der Waals surface area (Å²) in [6.07, 6.45) is -5.33. The summed E-state index contributed by atoms with van der Waals surface area (Å²) in [4.78, 5) is 23.9. The van der Waals surface area contributed by atoms with Crippen LogP contribution in [0.2, 0.25) is 20.1 Å². The summed E-state index contributed by atoms with van der Waals surface area (Å²) in [6.45, 7) is 4.81. The molecule has 0 aliphatic rings. The van der Waals surface area contributed by atoms with Crippen LogP contribution in [0.25, 0.3) is 33.9 Å². The first-order valence-electron chi connectivity index (χ1n) is 16.6. The molecule has 292 valence electrons. The van der Waals surface area contributed by atoms with Gasteiger partial charge in [-0.3, -0.25) is 0 Å². The van der Waals surface area contributed by atoms with Crippen molar-refractivity contribution in [3.8, 4) is 45.4 Å². The van der Waals surface area contributed by atoms with Gasteiger partial charge in [-0.1, -0.05) is 46.4 Å². The van der Waals surface area contributed by atoms with Crippen LogP contribution in [0.3, 0.4) is 0 Å². The lowest BCUT2D eigenvalue weighted by Gasteiger charge is -2.12. The van der Waals surface area contributed by atoms with E-state index in [1.165, 1.54) is 21.5 Å². The zero-order valence-electron chi connectivity index (χ0n) is 29.7. The van der Waals surface area contributed by atoms with Crippen LogP contribution in [0, 0.1) is 13.8 Å². The maximum atomic E-state index is 12.4. The van der Waals surface area contributed by atoms with Gasteiger partial charge in [0, 0.05) is 32.3 Å². The van der Waals surface area contributed by atoms with Gasteiger partial charge in [0.2, 0.25) is 0 Å². The number of hydrogen-bond donors (Lipinski definition) is 2. The monoisotopic (exact) mass is 848 g/mol. The van der Waals surface area contributed by atoms with E-state index < -0.39 is 31.1 Å². The van der Waals surface area contributed by atoms with Crippen LogP contribution < -0.4 is 4.74 Å². The number of benzene rings is 4. The fourth-order valence-corrected chi connectivity index (χ4v) is 6.51. The van der Waals surface area contributed by atoms with Gasteiger partial charge >= 0.3 is 18.1 Å². The Labute approximate surface area is 338 Å². The first-order valence-corrected chi connectivity index (χ1v) is 18.1. The molecule has 0 atom stereocenters. The molecule has 0 spiro atoms. The first kappa shape index (κ1) is 41.9. The van der Waals surface area contributed by atoms with Gasteiger partial charge in [0.25, 0.3) is 0 Å². The quantitative estimate of drug-likeness (QED) is 0.130. The van der Waals surface area contributed by atoms with Gasteiger partial charge in [0.05, 0.1) is 52.4 Å². The summed E-state index contributed by atoms with van der Waals surface area (Å²) in [5, 5.41) is 29.1. The minimum Gasteiger partial charge on any atom is -0.508 e. The van der Waals surface area contributed by atoms with Gasteiger partial charge in [-0.25, -0.2) is 19.0 Å². The Morgan fingerprint density at radius 3 is 1.64 bits per heavy atom. The van der Waals surface area contributed by atoms with Crippen LogP contribution in [-0.4, -0.2) is 61.1 Å². The summed E-state index contributed by atoms with van der Waals surface area (Å²) in [6, 6.07) is 22.6. The van der Waals surface area contributed by atoms with Gasteiger partial charge < -0.3 is 19.7 Å². The van der Waals surface area contributed by atoms with E-state index in [0.29, 0.717) is 65.1 Å². The first-order chi connectivity index (χ1) is 26.5. The van der Waals surface area contributed by atoms with Crippen LogP contribution >= 0.6 is 46.4 Å². The summed E-state index contributed by atoms with van der Waals surface area (Å²) < 4.78 is 50.3. The highest BCUT2D eigenvalue weighted by atomic mass is 35.5. The highest BCUT2D eigenvalue weighted by Gasteiger charge is 2.27. The van der Waals surface area contributed by atoms with Crippen molar-refractivity contribution in [3.05, 3.63) is 128 Å². The second kappa shape index (κ2) is 17.7. The van der Waals surface area contributed by atoms with Crippen molar-refractivity contribution in [1.29, 1.82) is 0 Å². The summed E-state index contributed by atoms with van der Waals surface area (Å²) in [5.41, 5.74) is 4.63. The Bertz CT molecular complexity index is 2380. The largest absolute Gasteiger partial charge is 0.508 e. The Balaban J connectivity index is 0.000000223. The van der Waals surface area contributed by atoms with Gasteiger partial charge in [-0.2, -0.15) is 23.4 Å². The summed E-state index contributed by atoms with van der Waals surface area (Å²) in [5.74, 6) is -1.30. The topological polar surface area (TPSA) is 129 Å². The van der Waals surface area contributed by atoms with Crippen LogP contribution in [-0.2, 0) is 4.74 Å². The molecule has 0 radical (unpaired) electrons. The molecule has 2 N–H and O–H groups in total. The van der Waals surface area contributed by atoms with Crippen molar-refractivity contribution in [2.75, 3.05) is 13.2 Å². The van der Waals surface area contributed by atoms with E-state index in [0.717, 1.165) is 0 Å². The van der Waals surface area contributed by atoms with E-state index in [1.807, 2.05) is 0 Å². The molecule has 0 aliphatic heterocycles. The van der Waals surface area contributed by atoms with Crippen LogP contribution in [0.1, 0.15) is 45.4 Å². The number of halogens is 7. The number of carboxylic acids is 1. The SMILES string of the molecule is CCOC(=O)c1nn(-c2ccc(Cl)cc2Cl)c(-c2ccc(OCCC(F)(F)F)cc2)c1C.Cc1c(C(=O)O)nn(-c2ccc(Cl)cc2Cl)c1-c1ccc(O)cc1. The van der Waals surface area contributed by atoms with E-state index in [9.17, 15) is 33.0 Å². The zero-order valence-corrected chi connectivity index (χ0v) is 32.7. The molecular weight excluding hydrogens is 819 g/mol. The molecule has 6 rings (SSSR count). The number of carbonyl (C=O) groups excluding carboxylic acids is 1. The number of ether oxygens (including phenoxy) is 2. The third kappa shape index (κ3) is 9.77. The van der Waals surface area contributed by atoms with E-state index in [2.05, 4.69) is 10.2 Å². The second-order valence-electron chi connectivity index (χ2n) is 12.0. The Hall–Kier alpha value is -5.21. The van der Waals surface area contributed by atoms with Crippen molar-refractivity contribution < 1.29 is 42.4 Å². The number of carboxylic acid groups (broad SMARTS) is 1. The van der Waals surface area contributed by atoms with Crippen molar-refractivity contribution in [2.24, 2.45) is 0 Å². The number of hydrogen-bond acceptors (Lipinski definition) is 7. The lowest BCUT2D eigenvalue weighted by Crippen LogP contribution is -2.12. The molecular formula is C39H31Cl4F3N4O6. The number of phenolic OH excluding ortho intramolecular Hbond substituents is 1. The number of carbonyl (C=O) groups is 2. The van der Waals surface area contributed by atoms with E-state index in [-0.39, 0.29) is 29.5 Å². The number of nitrogens with zero attached hydrogens (tertiary/aromatic N) is 4. The molecule has 0 saturated carbocycles. The third-order valence-corrected chi connectivity index (χ3v) is 9.19. The average Bonchev–Trinajstić information content (AvgIpc) is 3.65. The lowest BCUT2D eigenvalue weighted by molar-refractivity contribution is -0.139. The van der Waals surface area contributed by atoms with Crippen molar-refractivity contribution in [2.45, 2.75) is 33.4 Å². The van der Waals surface area contributed by atoms with Crippen molar-refractivity contribution >= 4 is 58.3 Å². The number of rotatable bonds is 10. The van der Waals surface area contributed by atoms with E-state index >= 15 is 0 Å². The maximum Gasteiger partial charge on any atom is 0.392 e. The minimum atomic E-state index is -4.29. The standard InChI is InChI=1S/C22H19Cl2F3N2O3.C17H12Cl2N2O3/c1-3-31-21(30)19-13(2)20(29(28-19)18-9-6-15(23)12-17(18)24)14-4-7-16(8-5-14)32-11-10-22(25,26)27;1-9-15(17(23)24)20-21(14-7-4-11(18)8-13(14)19)16(9)10-2-5-12(22)6-3-10/h4-9,12H,3,10-11H2,1-2H3;2-8,22H,1H3,(H,23,24). The molecule has 0 bridgehead atoms. The van der Waals surface area contributed by atoms with Crippen LogP contribution in [0.5, 0.6) is 11.5 Å². The fourth-order valence-electron chi connectivity index (χ4n) is 5.53. The zero-order chi connectivity index (χ0) is 40.9. The summed E-state index contributed by atoms with van der Waals surface area (Å²) >= 11 is 24.6. The van der Waals surface area contributed by atoms with Gasteiger partial charge in [0.15, 0.2) is 11.4 Å². The lowest BCUT2D eigenvalue weighted by atomic mass is 10.1. The number of esters is 1. The number of phenols is 1. The van der Waals surface area contributed by atoms with E-state index in [1.54, 1.807) is 93.6 Å². The van der Waals surface area contributed by atoms with Crippen molar-refractivity contribution in [1.82, 2.24) is 19.6 Å². The molecule has 17 heteroatoms. The molecule has 6 aromatic rings. The highest BCUT2D eigenvalue weighted by molar-refractivity contribution is 6.36. The normalized spacial score (nSPS) is 11.2. The number of aromatic nitrogens is 4.